The molecule has 1 aliphatic heterocycles. The van der Waals surface area contributed by atoms with E-state index >= 15 is 0 Å². The number of hydrogen-bond acceptors (Lipinski definition) is 1. The molecule has 0 bridgehead atoms. The van der Waals surface area contributed by atoms with Gasteiger partial charge in [0.05, 0.1) is 0 Å². The van der Waals surface area contributed by atoms with Crippen LogP contribution in [-0.2, 0) is 17.3 Å². The zero-order valence-electron chi connectivity index (χ0n) is 12.0. The van der Waals surface area contributed by atoms with Gasteiger partial charge in [-0.3, -0.25) is 0 Å². The molecule has 2 atom stereocenters. The minimum Gasteiger partial charge on any atom is -0.207 e. The van der Waals surface area contributed by atoms with Crippen LogP contribution in [0.4, 0.5) is 4.39 Å². The average Bonchev–Trinajstić information content (AvgIpc) is 2.42. The van der Waals surface area contributed by atoms with Gasteiger partial charge in [-0.15, -0.1) is 11.8 Å². The Morgan fingerprint density at radius 1 is 1.32 bits per heavy atom. The first-order chi connectivity index (χ1) is 9.24. The highest BCUT2D eigenvalue weighted by atomic mass is 32.2. The SMILES string of the molecule is CCCc1ccc([S+]2CSCC(CCC)C2)cc1F. The molecule has 1 fully saturated rings. The van der Waals surface area contributed by atoms with E-state index in [1.807, 2.05) is 12.1 Å². The fourth-order valence-corrected chi connectivity index (χ4v) is 7.08. The molecule has 1 aliphatic rings. The zero-order chi connectivity index (χ0) is 13.7. The molecule has 0 radical (unpaired) electrons. The third kappa shape index (κ3) is 4.16. The maximum absolute atomic E-state index is 14.0. The second-order valence-electron chi connectivity index (χ2n) is 5.31. The maximum atomic E-state index is 14.0. The van der Waals surface area contributed by atoms with Gasteiger partial charge >= 0.3 is 0 Å². The van der Waals surface area contributed by atoms with Crippen LogP contribution < -0.4 is 0 Å². The largest absolute Gasteiger partial charge is 0.207 e. The van der Waals surface area contributed by atoms with Crippen molar-refractivity contribution in [2.24, 2.45) is 5.92 Å². The summed E-state index contributed by atoms with van der Waals surface area (Å²) in [7, 11) is 0.261. The molecule has 1 aromatic carbocycles. The first-order valence-corrected chi connectivity index (χ1v) is 10.00. The van der Waals surface area contributed by atoms with Crippen LogP contribution in [0, 0.1) is 11.7 Å². The van der Waals surface area contributed by atoms with Crippen molar-refractivity contribution >= 4 is 22.7 Å². The predicted molar refractivity (Wildman–Crippen MR) is 86.6 cm³/mol. The van der Waals surface area contributed by atoms with Crippen LogP contribution in [-0.4, -0.2) is 16.6 Å². The molecule has 106 valence electrons. The second kappa shape index (κ2) is 7.58. The molecule has 0 nitrogen and oxygen atoms in total. The predicted octanol–water partition coefficient (Wildman–Crippen LogP) is 4.88. The van der Waals surface area contributed by atoms with Crippen molar-refractivity contribution in [3.05, 3.63) is 29.6 Å². The van der Waals surface area contributed by atoms with Crippen molar-refractivity contribution < 1.29 is 4.39 Å². The van der Waals surface area contributed by atoms with E-state index in [1.54, 1.807) is 0 Å². The summed E-state index contributed by atoms with van der Waals surface area (Å²) >= 11 is 2.06. The van der Waals surface area contributed by atoms with Gasteiger partial charge in [0.25, 0.3) is 0 Å². The summed E-state index contributed by atoms with van der Waals surface area (Å²) in [5.41, 5.74) is 0.879. The Hall–Kier alpha value is -0.150. The Balaban J connectivity index is 2.06. The number of thioether (sulfide) groups is 1. The molecule has 3 heteroatoms. The highest BCUT2D eigenvalue weighted by Crippen LogP contribution is 2.31. The zero-order valence-corrected chi connectivity index (χ0v) is 13.6. The molecule has 0 aromatic heterocycles. The lowest BCUT2D eigenvalue weighted by Gasteiger charge is -2.21. The summed E-state index contributed by atoms with van der Waals surface area (Å²) in [6.45, 7) is 4.36. The second-order valence-corrected chi connectivity index (χ2v) is 8.78. The van der Waals surface area contributed by atoms with Gasteiger partial charge in [-0.2, -0.15) is 0 Å². The standard InChI is InChI=1S/C16H24FS2/c1-3-5-13-10-18-12-19(11-13)15-8-7-14(6-4-2)16(17)9-15/h7-9,13H,3-6,10-12H2,1-2H3/q+1. The van der Waals surface area contributed by atoms with Crippen molar-refractivity contribution in [2.75, 3.05) is 16.6 Å². The van der Waals surface area contributed by atoms with Gasteiger partial charge in [-0.25, -0.2) is 4.39 Å². The molecular weight excluding hydrogens is 275 g/mol. The lowest BCUT2D eigenvalue weighted by Crippen LogP contribution is -2.26. The van der Waals surface area contributed by atoms with Crippen molar-refractivity contribution in [1.82, 2.24) is 0 Å². The number of hydrogen-bond donors (Lipinski definition) is 0. The third-order valence-corrected chi connectivity index (χ3v) is 7.90. The topological polar surface area (TPSA) is 0 Å². The molecule has 0 aliphatic carbocycles. The minimum absolute atomic E-state index is 0.00876. The quantitative estimate of drug-likeness (QED) is 0.699. The van der Waals surface area contributed by atoms with Crippen LogP contribution in [0.3, 0.4) is 0 Å². The Bertz CT molecular complexity index is 404. The molecule has 0 saturated carbocycles. The number of halogens is 1. The van der Waals surface area contributed by atoms with Gasteiger partial charge in [-0.1, -0.05) is 32.8 Å². The Labute approximate surface area is 123 Å². The molecule has 1 aromatic rings. The van der Waals surface area contributed by atoms with E-state index < -0.39 is 0 Å². The van der Waals surface area contributed by atoms with E-state index in [0.717, 1.165) is 24.3 Å². The summed E-state index contributed by atoms with van der Waals surface area (Å²) in [5.74, 6) is 3.42. The normalized spacial score (nSPS) is 23.5. The molecule has 0 amide bonds. The summed E-state index contributed by atoms with van der Waals surface area (Å²) in [5, 5.41) is 1.19. The van der Waals surface area contributed by atoms with E-state index in [4.69, 9.17) is 0 Å². The molecule has 0 spiro atoms. The first kappa shape index (κ1) is 15.2. The molecular formula is C16H24FS2+. The Morgan fingerprint density at radius 3 is 2.84 bits per heavy atom. The molecule has 19 heavy (non-hydrogen) atoms. The minimum atomic E-state index is 0.00876. The Kier molecular flexibility index (Phi) is 6.08. The lowest BCUT2D eigenvalue weighted by atomic mass is 10.1. The van der Waals surface area contributed by atoms with Crippen molar-refractivity contribution in [3.8, 4) is 0 Å². The van der Waals surface area contributed by atoms with Crippen LogP contribution in [0.15, 0.2) is 23.1 Å². The van der Waals surface area contributed by atoms with Gasteiger partial charge in [0.15, 0.2) is 9.98 Å². The lowest BCUT2D eigenvalue weighted by molar-refractivity contribution is 0.589. The van der Waals surface area contributed by atoms with Crippen molar-refractivity contribution in [2.45, 2.75) is 44.4 Å². The van der Waals surface area contributed by atoms with Gasteiger partial charge in [0.2, 0.25) is 0 Å². The molecule has 2 unspecified atom stereocenters. The van der Waals surface area contributed by atoms with Crippen LogP contribution in [0.5, 0.6) is 0 Å². The van der Waals surface area contributed by atoms with Gasteiger partial charge in [0, 0.05) is 28.6 Å². The molecule has 1 saturated heterocycles. The van der Waals surface area contributed by atoms with E-state index in [9.17, 15) is 4.39 Å². The van der Waals surface area contributed by atoms with E-state index in [2.05, 4.69) is 31.7 Å². The molecule has 2 rings (SSSR count). The third-order valence-electron chi connectivity index (χ3n) is 3.59. The van der Waals surface area contributed by atoms with Crippen LogP contribution in [0.25, 0.3) is 0 Å². The number of rotatable bonds is 5. The van der Waals surface area contributed by atoms with Gasteiger partial charge in [-0.05, 0) is 24.5 Å². The molecule has 1 heterocycles. The highest BCUT2D eigenvalue weighted by molar-refractivity contribution is 8.15. The summed E-state index contributed by atoms with van der Waals surface area (Å²) in [4.78, 5) is 1.24. The fraction of sp³-hybridized carbons (Fsp3) is 0.625. The van der Waals surface area contributed by atoms with Gasteiger partial charge in [0.1, 0.15) is 11.6 Å². The summed E-state index contributed by atoms with van der Waals surface area (Å²) < 4.78 is 14.0. The van der Waals surface area contributed by atoms with E-state index in [1.165, 1.54) is 34.3 Å². The summed E-state index contributed by atoms with van der Waals surface area (Å²) in [6.07, 6.45) is 4.46. The number of benzene rings is 1. The van der Waals surface area contributed by atoms with E-state index in [-0.39, 0.29) is 16.7 Å². The van der Waals surface area contributed by atoms with E-state index in [0.29, 0.717) is 0 Å². The smallest absolute Gasteiger partial charge is 0.159 e. The highest BCUT2D eigenvalue weighted by Gasteiger charge is 2.31. The van der Waals surface area contributed by atoms with Crippen molar-refractivity contribution in [1.29, 1.82) is 0 Å². The maximum Gasteiger partial charge on any atom is 0.159 e. The monoisotopic (exact) mass is 299 g/mol. The Morgan fingerprint density at radius 2 is 2.16 bits per heavy atom. The first-order valence-electron chi connectivity index (χ1n) is 7.28. The fourth-order valence-electron chi connectivity index (χ4n) is 2.61. The van der Waals surface area contributed by atoms with Crippen LogP contribution in [0.1, 0.15) is 38.7 Å². The molecule has 0 N–H and O–H groups in total. The summed E-state index contributed by atoms with van der Waals surface area (Å²) in [6, 6.07) is 5.99. The van der Waals surface area contributed by atoms with Crippen LogP contribution >= 0.6 is 11.8 Å². The van der Waals surface area contributed by atoms with Gasteiger partial charge < -0.3 is 0 Å². The average molecular weight is 299 g/mol. The van der Waals surface area contributed by atoms with Crippen LogP contribution in [0.2, 0.25) is 0 Å². The number of aryl methyl sites for hydroxylation is 1. The van der Waals surface area contributed by atoms with Crippen molar-refractivity contribution in [3.63, 3.8) is 0 Å².